The van der Waals surface area contributed by atoms with Crippen LogP contribution in [0.1, 0.15) is 103 Å². The van der Waals surface area contributed by atoms with Gasteiger partial charge in [0.15, 0.2) is 6.71 Å². The maximum absolute atomic E-state index is 5.08. The molecule has 2 aromatic heterocycles. The Bertz CT molecular complexity index is 2490. The number of para-hydroxylation sites is 1. The van der Waals surface area contributed by atoms with Gasteiger partial charge in [-0.15, -0.1) is 0 Å². The molecule has 5 fully saturated rings. The number of anilines is 2. The van der Waals surface area contributed by atoms with Crippen LogP contribution in [0.15, 0.2) is 115 Å². The lowest BCUT2D eigenvalue weighted by Crippen LogP contribution is -2.67. The number of hydrogen-bond donors (Lipinski definition) is 3. The molecule has 2 aromatic carbocycles. The first-order chi connectivity index (χ1) is 29.7. The van der Waals surface area contributed by atoms with E-state index in [4.69, 9.17) is 16.5 Å². The lowest BCUT2D eigenvalue weighted by molar-refractivity contribution is 0.0740. The monoisotopic (exact) mass is 790 g/mol. The van der Waals surface area contributed by atoms with Gasteiger partial charge in [-0.25, -0.2) is 9.97 Å². The summed E-state index contributed by atoms with van der Waals surface area (Å²) in [5.41, 5.74) is 13.3. The molecule has 0 amide bonds. The Morgan fingerprint density at radius 3 is 2.37 bits per heavy atom. The molecule has 0 radical (unpaired) electrons. The highest BCUT2D eigenvalue weighted by molar-refractivity contribution is 6.82. The van der Waals surface area contributed by atoms with Gasteiger partial charge < -0.3 is 30.3 Å². The number of aromatic nitrogens is 3. The van der Waals surface area contributed by atoms with E-state index in [-0.39, 0.29) is 12.0 Å². The Morgan fingerprint density at radius 1 is 0.750 bits per heavy atom. The smallest absolute Gasteiger partial charge is 0.191 e. The molecule has 4 saturated heterocycles. The van der Waals surface area contributed by atoms with Crippen molar-refractivity contribution >= 4 is 29.3 Å². The molecule has 0 spiro atoms. The summed E-state index contributed by atoms with van der Waals surface area (Å²) in [7, 11) is 0. The van der Waals surface area contributed by atoms with Crippen LogP contribution in [0.25, 0.3) is 11.0 Å². The van der Waals surface area contributed by atoms with Gasteiger partial charge in [-0.1, -0.05) is 78.8 Å². The van der Waals surface area contributed by atoms with E-state index in [1.54, 1.807) is 16.7 Å². The molecule has 8 nitrogen and oxygen atoms in total. The molecule has 60 heavy (non-hydrogen) atoms. The zero-order chi connectivity index (χ0) is 39.2. The number of hydrogen-bond acceptors (Lipinski definition) is 7. The number of benzene rings is 2. The summed E-state index contributed by atoms with van der Waals surface area (Å²) in [6.07, 6.45) is 20.8. The molecule has 4 aromatic rings. The van der Waals surface area contributed by atoms with Crippen LogP contribution in [0.4, 0.5) is 11.5 Å². The van der Waals surface area contributed by atoms with Crippen molar-refractivity contribution in [2.45, 2.75) is 117 Å². The van der Waals surface area contributed by atoms with Crippen molar-refractivity contribution in [1.29, 1.82) is 0 Å². The molecule has 12 atom stereocenters. The Hall–Kier alpha value is -4.70. The molecule has 0 bridgehead atoms. The van der Waals surface area contributed by atoms with E-state index in [0.717, 1.165) is 38.3 Å². The number of nitrogens with zero attached hydrogens (tertiary/aromatic N) is 5. The molecule has 302 valence electrons. The average Bonchev–Trinajstić information content (AvgIpc) is 3.92. The molecular formula is C51H55BN8. The Balaban J connectivity index is 1.03. The molecular weight excluding hydrogens is 735 g/mol. The molecule has 3 N–H and O–H groups in total. The van der Waals surface area contributed by atoms with Crippen LogP contribution in [0, 0.1) is 5.92 Å². The summed E-state index contributed by atoms with van der Waals surface area (Å²) in [4.78, 5) is 16.1. The second kappa shape index (κ2) is 13.2. The minimum absolute atomic E-state index is 0.256. The highest BCUT2D eigenvalue weighted by Gasteiger charge is 2.67. The van der Waals surface area contributed by atoms with Crippen LogP contribution >= 0.6 is 0 Å². The lowest BCUT2D eigenvalue weighted by atomic mass is 9.22. The van der Waals surface area contributed by atoms with E-state index in [9.17, 15) is 0 Å². The van der Waals surface area contributed by atoms with Crippen LogP contribution in [-0.2, 0) is 0 Å². The summed E-state index contributed by atoms with van der Waals surface area (Å²) < 4.78 is 2.93. The van der Waals surface area contributed by atoms with Gasteiger partial charge >= 0.3 is 0 Å². The van der Waals surface area contributed by atoms with E-state index in [1.165, 1.54) is 78.0 Å². The predicted molar refractivity (Wildman–Crippen MR) is 240 cm³/mol. The Kier molecular flexibility index (Phi) is 7.66. The lowest BCUT2D eigenvalue weighted by Gasteiger charge is -2.62. The van der Waals surface area contributed by atoms with E-state index >= 15 is 0 Å². The third kappa shape index (κ3) is 4.64. The second-order valence-electron chi connectivity index (χ2n) is 19.9. The first kappa shape index (κ1) is 35.0. The number of allylic oxidation sites excluding steroid dienone is 5. The molecule has 9 heteroatoms. The van der Waals surface area contributed by atoms with Crippen LogP contribution in [0.3, 0.4) is 0 Å². The Labute approximate surface area is 354 Å². The number of rotatable bonds is 3. The van der Waals surface area contributed by atoms with Gasteiger partial charge in [0.05, 0.1) is 18.1 Å². The number of nitrogens with one attached hydrogen (secondary N) is 3. The second-order valence-corrected chi connectivity index (χ2v) is 19.9. The van der Waals surface area contributed by atoms with Crippen LogP contribution in [-0.4, -0.2) is 76.0 Å². The molecule has 1 saturated carbocycles. The maximum Gasteiger partial charge on any atom is 0.191 e. The summed E-state index contributed by atoms with van der Waals surface area (Å²) in [6.45, 7) is 8.62. The third-order valence-corrected chi connectivity index (χ3v) is 17.4. The zero-order valence-electron chi connectivity index (χ0n) is 34.5. The standard InChI is InChI=1S/C51H55BN8/c1-29-12-8-18-35-48-40(29)41-45-37(19-10-22-54-45)58(33-16-6-3-7-17-33)51(41)60(48)39-28-32(50-56-23-11-24-57-50)27-38-43(39)52(35)36-20-25-55-46-42-44-31(15-9-21-53-44)26-34(30-13-4-2-5-14-30)47(42)59(38)49(36)46/h2-8,11-14,16-18,23-24,31-32,34,36-39,43-46,49,53-55H,1,9-10,15,19-22,25-28H2. The van der Waals surface area contributed by atoms with Crippen molar-refractivity contribution in [1.82, 2.24) is 35.4 Å². The van der Waals surface area contributed by atoms with Crippen LogP contribution in [0.2, 0.25) is 11.6 Å². The third-order valence-electron chi connectivity index (χ3n) is 17.4. The fraction of sp³-hybridized carbons (Fsp3) is 0.451. The summed E-state index contributed by atoms with van der Waals surface area (Å²) in [5.74, 6) is 4.80. The first-order valence-corrected chi connectivity index (χ1v) is 23.5. The van der Waals surface area contributed by atoms with Crippen molar-refractivity contribution in [3.8, 4) is 0 Å². The molecule has 3 aliphatic carbocycles. The highest BCUT2D eigenvalue weighted by atomic mass is 15.4. The quantitative estimate of drug-likeness (QED) is 0.180. The van der Waals surface area contributed by atoms with Crippen molar-refractivity contribution in [3.63, 3.8) is 0 Å². The van der Waals surface area contributed by atoms with Gasteiger partial charge in [0.25, 0.3) is 0 Å². The first-order valence-electron chi connectivity index (χ1n) is 23.5. The van der Waals surface area contributed by atoms with Gasteiger partial charge in [-0.05, 0) is 123 Å². The predicted octanol–water partition coefficient (Wildman–Crippen LogP) is 8.33. The molecule has 7 aliphatic heterocycles. The number of fused-ring (bicyclic) bond motifs is 13. The topological polar surface area (TPSA) is 73.3 Å². The van der Waals surface area contributed by atoms with Gasteiger partial charge in [-0.2, -0.15) is 0 Å². The highest BCUT2D eigenvalue weighted by Crippen LogP contribution is 2.68. The SMILES string of the molecule is C=C1C=CC=C2B3C4CCNC5C6=C(C(c7ccccc7)CC7CCCNC67)N(C6CC(c7ncccn7)CC(C36)n3c2c1c1c3N(c2ccccc2)C2CCCNC12)C45. The average molecular weight is 791 g/mol. The van der Waals surface area contributed by atoms with E-state index in [1.807, 2.05) is 18.5 Å². The summed E-state index contributed by atoms with van der Waals surface area (Å²) >= 11 is 0. The molecule has 9 heterocycles. The minimum Gasteiger partial charge on any atom is -0.367 e. The van der Waals surface area contributed by atoms with Crippen molar-refractivity contribution in [2.24, 2.45) is 5.92 Å². The van der Waals surface area contributed by atoms with Crippen molar-refractivity contribution < 1.29 is 0 Å². The van der Waals surface area contributed by atoms with E-state index in [2.05, 4.69) is 109 Å². The van der Waals surface area contributed by atoms with Gasteiger partial charge in [0.2, 0.25) is 0 Å². The Morgan fingerprint density at radius 2 is 1.52 bits per heavy atom. The normalized spacial score (nSPS) is 36.6. The summed E-state index contributed by atoms with van der Waals surface area (Å²) in [6, 6.07) is 27.5. The van der Waals surface area contributed by atoms with Gasteiger partial charge in [0.1, 0.15) is 11.6 Å². The van der Waals surface area contributed by atoms with E-state index in [0.29, 0.717) is 66.4 Å². The fourth-order valence-corrected chi connectivity index (χ4v) is 15.6. The molecule has 10 aliphatic rings. The van der Waals surface area contributed by atoms with Crippen molar-refractivity contribution in [3.05, 3.63) is 143 Å². The zero-order valence-corrected chi connectivity index (χ0v) is 34.5. The molecule has 14 rings (SSSR count). The van der Waals surface area contributed by atoms with Crippen LogP contribution < -0.4 is 20.9 Å². The maximum atomic E-state index is 5.08. The fourth-order valence-electron chi connectivity index (χ4n) is 15.6. The van der Waals surface area contributed by atoms with Crippen LogP contribution in [0.5, 0.6) is 0 Å². The van der Waals surface area contributed by atoms with Crippen molar-refractivity contribution in [2.75, 3.05) is 24.5 Å². The summed E-state index contributed by atoms with van der Waals surface area (Å²) in [5, 5.41) is 12.6. The van der Waals surface area contributed by atoms with Gasteiger partial charge in [-0.3, -0.25) is 0 Å². The van der Waals surface area contributed by atoms with E-state index < -0.39 is 0 Å². The molecule has 12 unspecified atom stereocenters. The number of piperidine rings is 3. The van der Waals surface area contributed by atoms with Gasteiger partial charge in [0, 0.05) is 76.6 Å². The minimum atomic E-state index is 0.256. The largest absolute Gasteiger partial charge is 0.367 e.